The Hall–Kier alpha value is -1.11. The van der Waals surface area contributed by atoms with Crippen LogP contribution in [0.2, 0.25) is 0 Å². The van der Waals surface area contributed by atoms with Gasteiger partial charge in [0, 0.05) is 37.6 Å². The van der Waals surface area contributed by atoms with Crippen LogP contribution in [0, 0.1) is 0 Å². The first kappa shape index (κ1) is 17.7. The van der Waals surface area contributed by atoms with Crippen LogP contribution < -0.4 is 0 Å². The van der Waals surface area contributed by atoms with E-state index in [9.17, 15) is 9.90 Å². The smallest absolute Gasteiger partial charge is 0.255 e. The van der Waals surface area contributed by atoms with E-state index in [1.54, 1.807) is 11.8 Å². The molecule has 0 saturated carbocycles. The fourth-order valence-electron chi connectivity index (χ4n) is 3.62. The molecule has 0 aliphatic carbocycles. The maximum Gasteiger partial charge on any atom is 0.255 e. The molecule has 0 aromatic carbocycles. The molecule has 132 valence electrons. The first-order valence-electron chi connectivity index (χ1n) is 8.78. The molecular weight excluding hydrogens is 322 g/mol. The molecule has 0 radical (unpaired) electrons. The lowest BCUT2D eigenvalue weighted by Crippen LogP contribution is -2.49. The van der Waals surface area contributed by atoms with Crippen LogP contribution >= 0.6 is 11.8 Å². The number of likely N-dealkylation sites (tertiary alicyclic amines) is 1. The van der Waals surface area contributed by atoms with Crippen LogP contribution in [0.3, 0.4) is 0 Å². The third-order valence-corrected chi connectivity index (χ3v) is 6.32. The second-order valence-electron chi connectivity index (χ2n) is 6.95. The number of aromatic nitrogens is 1. The number of thioether (sulfide) groups is 1. The standard InChI is InChI=1S/C18H27N3O2S/c1-20(13-15-5-2-3-9-19-15)16-6-4-10-21(11-7-16)17(22)18(23)8-12-24-14-18/h2-3,5,9,16,23H,4,6-8,10-14H2,1H3/t16-,18-/m1/s1. The minimum absolute atomic E-state index is 0.0551. The largest absolute Gasteiger partial charge is 0.379 e. The molecule has 5 nitrogen and oxygen atoms in total. The fourth-order valence-corrected chi connectivity index (χ4v) is 4.85. The Morgan fingerprint density at radius 1 is 1.46 bits per heavy atom. The summed E-state index contributed by atoms with van der Waals surface area (Å²) in [5.74, 6) is 1.37. The van der Waals surface area contributed by atoms with Gasteiger partial charge in [-0.15, -0.1) is 0 Å². The van der Waals surface area contributed by atoms with Gasteiger partial charge < -0.3 is 10.0 Å². The first-order chi connectivity index (χ1) is 11.6. The highest BCUT2D eigenvalue weighted by atomic mass is 32.2. The summed E-state index contributed by atoms with van der Waals surface area (Å²) in [5.41, 5.74) is -0.0425. The maximum absolute atomic E-state index is 12.7. The lowest BCUT2D eigenvalue weighted by molar-refractivity contribution is -0.148. The molecule has 2 aliphatic rings. The molecule has 3 heterocycles. The quantitative estimate of drug-likeness (QED) is 0.898. The SMILES string of the molecule is CN(Cc1ccccn1)[C@@H]1CCCN(C(=O)[C@@]2(O)CCSC2)CC1. The highest BCUT2D eigenvalue weighted by Gasteiger charge is 2.42. The van der Waals surface area contributed by atoms with Gasteiger partial charge in [-0.3, -0.25) is 14.7 Å². The molecule has 2 atom stereocenters. The van der Waals surface area contributed by atoms with E-state index in [1.807, 2.05) is 23.2 Å². The molecule has 1 aromatic rings. The summed E-state index contributed by atoms with van der Waals surface area (Å²) >= 11 is 1.67. The van der Waals surface area contributed by atoms with E-state index in [0.29, 0.717) is 18.2 Å². The lowest BCUT2D eigenvalue weighted by atomic mass is 10.0. The van der Waals surface area contributed by atoms with Crippen molar-refractivity contribution in [3.63, 3.8) is 0 Å². The molecule has 2 fully saturated rings. The van der Waals surface area contributed by atoms with Crippen LogP contribution in [-0.2, 0) is 11.3 Å². The summed E-state index contributed by atoms with van der Waals surface area (Å²) in [5, 5.41) is 10.5. The summed E-state index contributed by atoms with van der Waals surface area (Å²) in [6.45, 7) is 2.34. The summed E-state index contributed by atoms with van der Waals surface area (Å²) in [4.78, 5) is 21.3. The second kappa shape index (κ2) is 7.85. The Morgan fingerprint density at radius 3 is 3.04 bits per heavy atom. The molecule has 1 N–H and O–H groups in total. The molecule has 0 bridgehead atoms. The fraction of sp³-hybridized carbons (Fsp3) is 0.667. The molecule has 3 rings (SSSR count). The molecule has 24 heavy (non-hydrogen) atoms. The topological polar surface area (TPSA) is 56.7 Å². The van der Waals surface area contributed by atoms with Gasteiger partial charge in [-0.25, -0.2) is 0 Å². The number of carbonyl (C=O) groups is 1. The monoisotopic (exact) mass is 349 g/mol. The molecular formula is C18H27N3O2S. The number of carbonyl (C=O) groups excluding carboxylic acids is 1. The molecule has 2 saturated heterocycles. The van der Waals surface area contributed by atoms with Crippen molar-refractivity contribution in [1.29, 1.82) is 0 Å². The Labute approximate surface area is 148 Å². The van der Waals surface area contributed by atoms with E-state index in [-0.39, 0.29) is 5.91 Å². The van der Waals surface area contributed by atoms with Gasteiger partial charge in [-0.2, -0.15) is 11.8 Å². The zero-order chi connectivity index (χ0) is 17.0. The average Bonchev–Trinajstić information content (AvgIpc) is 2.90. The number of amides is 1. The molecule has 6 heteroatoms. The van der Waals surface area contributed by atoms with Crippen LogP contribution in [0.4, 0.5) is 0 Å². The van der Waals surface area contributed by atoms with Crippen molar-refractivity contribution in [2.24, 2.45) is 0 Å². The zero-order valence-corrected chi connectivity index (χ0v) is 15.2. The van der Waals surface area contributed by atoms with E-state index < -0.39 is 5.60 Å². The van der Waals surface area contributed by atoms with Crippen molar-refractivity contribution in [2.45, 2.75) is 43.9 Å². The highest BCUT2D eigenvalue weighted by Crippen LogP contribution is 2.30. The summed E-state index contributed by atoms with van der Waals surface area (Å²) in [6.07, 6.45) is 5.46. The number of aliphatic hydroxyl groups is 1. The Balaban J connectivity index is 1.55. The van der Waals surface area contributed by atoms with Crippen molar-refractivity contribution < 1.29 is 9.90 Å². The van der Waals surface area contributed by atoms with E-state index in [2.05, 4.69) is 23.0 Å². The summed E-state index contributed by atoms with van der Waals surface area (Å²) in [6, 6.07) is 6.46. The van der Waals surface area contributed by atoms with Crippen molar-refractivity contribution in [3.8, 4) is 0 Å². The predicted octanol–water partition coefficient (Wildman–Crippen LogP) is 1.76. The average molecular weight is 350 g/mol. The van der Waals surface area contributed by atoms with Crippen molar-refractivity contribution in [1.82, 2.24) is 14.8 Å². The van der Waals surface area contributed by atoms with Crippen LogP contribution in [0.25, 0.3) is 0 Å². The van der Waals surface area contributed by atoms with Crippen LogP contribution in [0.5, 0.6) is 0 Å². The van der Waals surface area contributed by atoms with Gasteiger partial charge in [0.15, 0.2) is 5.60 Å². The van der Waals surface area contributed by atoms with Gasteiger partial charge in [0.05, 0.1) is 5.69 Å². The van der Waals surface area contributed by atoms with Gasteiger partial charge in [0.1, 0.15) is 0 Å². The molecule has 0 unspecified atom stereocenters. The molecule has 0 spiro atoms. The Kier molecular flexibility index (Phi) is 5.79. The van der Waals surface area contributed by atoms with Crippen LogP contribution in [0.15, 0.2) is 24.4 Å². The zero-order valence-electron chi connectivity index (χ0n) is 14.4. The van der Waals surface area contributed by atoms with Gasteiger partial charge in [-0.1, -0.05) is 6.07 Å². The minimum atomic E-state index is -1.12. The lowest BCUT2D eigenvalue weighted by Gasteiger charge is -2.30. The third kappa shape index (κ3) is 4.10. The number of rotatable bonds is 4. The minimum Gasteiger partial charge on any atom is -0.379 e. The van der Waals surface area contributed by atoms with Gasteiger partial charge in [0.2, 0.25) is 0 Å². The van der Waals surface area contributed by atoms with E-state index in [4.69, 9.17) is 0 Å². The Morgan fingerprint density at radius 2 is 2.33 bits per heavy atom. The molecule has 1 amide bonds. The normalized spacial score (nSPS) is 28.1. The highest BCUT2D eigenvalue weighted by molar-refractivity contribution is 7.99. The molecule has 1 aromatic heterocycles. The molecule has 2 aliphatic heterocycles. The summed E-state index contributed by atoms with van der Waals surface area (Å²) < 4.78 is 0. The van der Waals surface area contributed by atoms with Crippen molar-refractivity contribution in [3.05, 3.63) is 30.1 Å². The predicted molar refractivity (Wildman–Crippen MR) is 96.8 cm³/mol. The van der Waals surface area contributed by atoms with Gasteiger partial charge in [-0.05, 0) is 50.6 Å². The number of hydrogen-bond donors (Lipinski definition) is 1. The maximum atomic E-state index is 12.7. The van der Waals surface area contributed by atoms with E-state index in [0.717, 1.165) is 50.3 Å². The van der Waals surface area contributed by atoms with Gasteiger partial charge >= 0.3 is 0 Å². The summed E-state index contributed by atoms with van der Waals surface area (Å²) in [7, 11) is 2.14. The van der Waals surface area contributed by atoms with E-state index in [1.165, 1.54) is 0 Å². The number of hydrogen-bond acceptors (Lipinski definition) is 5. The van der Waals surface area contributed by atoms with Crippen molar-refractivity contribution in [2.75, 3.05) is 31.6 Å². The Bertz CT molecular complexity index is 548. The van der Waals surface area contributed by atoms with Crippen molar-refractivity contribution >= 4 is 17.7 Å². The number of nitrogens with zero attached hydrogens (tertiary/aromatic N) is 3. The number of pyridine rings is 1. The second-order valence-corrected chi connectivity index (χ2v) is 8.05. The van der Waals surface area contributed by atoms with E-state index >= 15 is 0 Å². The van der Waals surface area contributed by atoms with Crippen LogP contribution in [-0.4, -0.2) is 69.1 Å². The first-order valence-corrected chi connectivity index (χ1v) is 9.94. The van der Waals surface area contributed by atoms with Crippen LogP contribution in [0.1, 0.15) is 31.4 Å². The van der Waals surface area contributed by atoms with Gasteiger partial charge in [0.25, 0.3) is 5.91 Å². The third-order valence-electron chi connectivity index (χ3n) is 5.14.